The zero-order chi connectivity index (χ0) is 21.2. The molecular formula is C25H40O4. The first-order chi connectivity index (χ1) is 14.1. The van der Waals surface area contributed by atoms with Crippen LogP contribution in [-0.4, -0.2) is 11.1 Å². The summed E-state index contributed by atoms with van der Waals surface area (Å²) < 4.78 is 5.21. The molecule has 0 saturated carbocycles. The van der Waals surface area contributed by atoms with Crippen LogP contribution in [0.2, 0.25) is 0 Å². The van der Waals surface area contributed by atoms with Gasteiger partial charge in [-0.1, -0.05) is 96.8 Å². The summed E-state index contributed by atoms with van der Waals surface area (Å²) >= 11 is 0. The molecule has 0 aliphatic rings. The van der Waals surface area contributed by atoms with Gasteiger partial charge in [-0.3, -0.25) is 9.59 Å². The lowest BCUT2D eigenvalue weighted by molar-refractivity contribution is -0.134. The fourth-order valence-corrected chi connectivity index (χ4v) is 3.43. The first-order valence-electron chi connectivity index (χ1n) is 11.7. The highest BCUT2D eigenvalue weighted by Gasteiger charge is 2.05. The minimum Gasteiger partial charge on any atom is -0.504 e. The lowest BCUT2D eigenvalue weighted by Crippen LogP contribution is -2.07. The van der Waals surface area contributed by atoms with Gasteiger partial charge in [0.15, 0.2) is 5.75 Å². The monoisotopic (exact) mass is 404 g/mol. The van der Waals surface area contributed by atoms with Gasteiger partial charge in [0.2, 0.25) is 5.43 Å². The van der Waals surface area contributed by atoms with Gasteiger partial charge in [-0.2, -0.15) is 0 Å². The van der Waals surface area contributed by atoms with Crippen LogP contribution in [0.15, 0.2) is 29.1 Å². The lowest BCUT2D eigenvalue weighted by Gasteiger charge is -2.04. The first kappa shape index (κ1) is 25.2. The molecule has 1 rings (SSSR count). The predicted molar refractivity (Wildman–Crippen MR) is 120 cm³/mol. The van der Waals surface area contributed by atoms with Gasteiger partial charge in [-0.15, -0.1) is 0 Å². The highest BCUT2D eigenvalue weighted by atomic mass is 16.5. The third-order valence-corrected chi connectivity index (χ3v) is 5.27. The Balaban J connectivity index is 1.91. The third kappa shape index (κ3) is 13.9. The molecule has 0 unspecified atom stereocenters. The van der Waals surface area contributed by atoms with Crippen molar-refractivity contribution in [3.8, 4) is 11.5 Å². The van der Waals surface area contributed by atoms with E-state index in [9.17, 15) is 14.7 Å². The Kier molecular flexibility index (Phi) is 14.8. The number of aromatic hydroxyl groups is 1. The quantitative estimate of drug-likeness (QED) is 0.226. The van der Waals surface area contributed by atoms with Gasteiger partial charge in [-0.05, 0) is 30.7 Å². The van der Waals surface area contributed by atoms with Gasteiger partial charge >= 0.3 is 5.97 Å². The second-order valence-corrected chi connectivity index (χ2v) is 7.99. The highest BCUT2D eigenvalue weighted by Crippen LogP contribution is 2.15. The van der Waals surface area contributed by atoms with Gasteiger partial charge in [-0.25, -0.2) is 0 Å². The van der Waals surface area contributed by atoms with E-state index in [4.69, 9.17) is 4.74 Å². The van der Waals surface area contributed by atoms with E-state index in [2.05, 4.69) is 6.92 Å². The predicted octanol–water partition coefficient (Wildman–Crippen LogP) is 6.92. The minimum atomic E-state index is -0.491. The second-order valence-electron chi connectivity index (χ2n) is 7.99. The molecule has 0 aliphatic carbocycles. The number of rotatable bonds is 17. The van der Waals surface area contributed by atoms with Crippen molar-refractivity contribution in [1.29, 1.82) is 0 Å². The van der Waals surface area contributed by atoms with E-state index in [0.29, 0.717) is 6.42 Å². The maximum Gasteiger partial charge on any atom is 0.311 e. The molecule has 0 heterocycles. The van der Waals surface area contributed by atoms with Gasteiger partial charge < -0.3 is 9.84 Å². The van der Waals surface area contributed by atoms with Crippen LogP contribution in [0.25, 0.3) is 0 Å². The van der Waals surface area contributed by atoms with Crippen molar-refractivity contribution in [2.24, 2.45) is 0 Å². The third-order valence-electron chi connectivity index (χ3n) is 5.27. The van der Waals surface area contributed by atoms with Crippen LogP contribution in [0.4, 0.5) is 0 Å². The van der Waals surface area contributed by atoms with Crippen LogP contribution in [-0.2, 0) is 4.79 Å². The van der Waals surface area contributed by atoms with Crippen LogP contribution < -0.4 is 10.2 Å². The molecule has 0 atom stereocenters. The molecule has 29 heavy (non-hydrogen) atoms. The van der Waals surface area contributed by atoms with Gasteiger partial charge in [0, 0.05) is 6.42 Å². The SMILES string of the molecule is CCCCCCCCCCCCCCCCCC(=O)Oc1ccc(O)c(=O)cc1. The first-order valence-corrected chi connectivity index (χ1v) is 11.7. The Hall–Kier alpha value is -1.84. The average molecular weight is 405 g/mol. The summed E-state index contributed by atoms with van der Waals surface area (Å²) in [5.74, 6) is -0.360. The molecule has 0 aliphatic heterocycles. The summed E-state index contributed by atoms with van der Waals surface area (Å²) in [6.07, 6.45) is 19.8. The molecule has 0 radical (unpaired) electrons. The van der Waals surface area contributed by atoms with E-state index in [1.807, 2.05) is 0 Å². The van der Waals surface area contributed by atoms with Crippen molar-refractivity contribution in [2.75, 3.05) is 0 Å². The van der Waals surface area contributed by atoms with Crippen LogP contribution in [0.3, 0.4) is 0 Å². The fraction of sp³-hybridized carbons (Fsp3) is 0.680. The fourth-order valence-electron chi connectivity index (χ4n) is 3.43. The molecule has 0 aromatic heterocycles. The normalized spacial score (nSPS) is 10.8. The number of carbonyl (C=O) groups excluding carboxylic acids is 1. The molecule has 4 heteroatoms. The molecule has 0 spiro atoms. The van der Waals surface area contributed by atoms with Crippen molar-refractivity contribution in [2.45, 2.75) is 110 Å². The van der Waals surface area contributed by atoms with E-state index in [1.54, 1.807) is 0 Å². The lowest BCUT2D eigenvalue weighted by atomic mass is 10.0. The van der Waals surface area contributed by atoms with E-state index in [0.717, 1.165) is 12.8 Å². The Bertz CT molecular complexity index is 612. The molecule has 1 aromatic rings. The Morgan fingerprint density at radius 3 is 1.69 bits per heavy atom. The topological polar surface area (TPSA) is 63.6 Å². The van der Waals surface area contributed by atoms with Gasteiger partial charge in [0.05, 0.1) is 0 Å². The van der Waals surface area contributed by atoms with Crippen LogP contribution in [0.5, 0.6) is 11.5 Å². The van der Waals surface area contributed by atoms with Gasteiger partial charge in [0.1, 0.15) is 5.75 Å². The highest BCUT2D eigenvalue weighted by molar-refractivity contribution is 5.72. The Morgan fingerprint density at radius 1 is 0.724 bits per heavy atom. The summed E-state index contributed by atoms with van der Waals surface area (Å²) in [5.41, 5.74) is -0.491. The molecule has 0 bridgehead atoms. The van der Waals surface area contributed by atoms with E-state index >= 15 is 0 Å². The maximum atomic E-state index is 11.9. The molecule has 0 amide bonds. The van der Waals surface area contributed by atoms with E-state index < -0.39 is 5.43 Å². The molecule has 164 valence electrons. The van der Waals surface area contributed by atoms with Crippen LogP contribution in [0, 0.1) is 0 Å². The largest absolute Gasteiger partial charge is 0.504 e. The standard InChI is InChI=1S/C25H40O4/c1-2-3-4-5-6-7-8-9-10-11-12-13-14-15-16-17-25(28)29-22-18-20-23(26)24(27)21-19-22/h18-21H,2-17H2,1H3,(H,26,27). The minimum absolute atomic E-state index is 0.286. The number of ether oxygens (including phenoxy) is 1. The number of hydrogen-bond donors (Lipinski definition) is 1. The smallest absolute Gasteiger partial charge is 0.311 e. The molecule has 1 N–H and O–H groups in total. The zero-order valence-corrected chi connectivity index (χ0v) is 18.3. The number of hydrogen-bond acceptors (Lipinski definition) is 4. The van der Waals surface area contributed by atoms with Crippen molar-refractivity contribution in [3.63, 3.8) is 0 Å². The summed E-state index contributed by atoms with van der Waals surface area (Å²) in [6, 6.07) is 5.29. The van der Waals surface area contributed by atoms with Crippen molar-refractivity contribution in [1.82, 2.24) is 0 Å². The summed E-state index contributed by atoms with van der Waals surface area (Å²) in [4.78, 5) is 23.2. The molecule has 0 fully saturated rings. The van der Waals surface area contributed by atoms with Crippen molar-refractivity contribution >= 4 is 5.97 Å². The summed E-state index contributed by atoms with van der Waals surface area (Å²) in [5, 5.41) is 9.34. The van der Waals surface area contributed by atoms with E-state index in [1.165, 1.54) is 108 Å². The van der Waals surface area contributed by atoms with Crippen LogP contribution >= 0.6 is 0 Å². The van der Waals surface area contributed by atoms with Crippen LogP contribution in [0.1, 0.15) is 110 Å². The zero-order valence-electron chi connectivity index (χ0n) is 18.3. The number of unbranched alkanes of at least 4 members (excludes halogenated alkanes) is 14. The second kappa shape index (κ2) is 17.1. The van der Waals surface area contributed by atoms with E-state index in [-0.39, 0.29) is 17.5 Å². The average Bonchev–Trinajstić information content (AvgIpc) is 2.86. The molecule has 0 saturated heterocycles. The molecule has 1 aromatic carbocycles. The molecule has 4 nitrogen and oxygen atoms in total. The van der Waals surface area contributed by atoms with Crippen molar-refractivity contribution < 1.29 is 14.6 Å². The number of esters is 1. The number of carbonyl (C=O) groups is 1. The van der Waals surface area contributed by atoms with Gasteiger partial charge in [0.25, 0.3) is 0 Å². The van der Waals surface area contributed by atoms with Crippen molar-refractivity contribution in [3.05, 3.63) is 34.5 Å². The summed E-state index contributed by atoms with van der Waals surface area (Å²) in [7, 11) is 0. The summed E-state index contributed by atoms with van der Waals surface area (Å²) in [6.45, 7) is 2.26. The Morgan fingerprint density at radius 2 is 1.17 bits per heavy atom. The molecular weight excluding hydrogens is 364 g/mol. The maximum absolute atomic E-state index is 11.9. The Labute approximate surface area is 176 Å².